The van der Waals surface area contributed by atoms with E-state index in [4.69, 9.17) is 0 Å². The predicted octanol–water partition coefficient (Wildman–Crippen LogP) is 4.40. The van der Waals surface area contributed by atoms with Crippen molar-refractivity contribution in [1.29, 1.82) is 0 Å². The highest BCUT2D eigenvalue weighted by atomic mass is 19.4. The van der Waals surface area contributed by atoms with E-state index < -0.39 is 6.36 Å². The van der Waals surface area contributed by atoms with Crippen molar-refractivity contribution in [2.24, 2.45) is 0 Å². The number of likely N-dealkylation sites (tertiary alicyclic amines) is 1. The topological polar surface area (TPSA) is 41.6 Å². The zero-order chi connectivity index (χ0) is 20.9. The lowest BCUT2D eigenvalue weighted by Crippen LogP contribution is -2.35. The zero-order valence-electron chi connectivity index (χ0n) is 15.7. The van der Waals surface area contributed by atoms with Crippen molar-refractivity contribution in [1.82, 2.24) is 10.2 Å². The third kappa shape index (κ3) is 6.19. The van der Waals surface area contributed by atoms with E-state index in [9.17, 15) is 22.4 Å². The molecule has 2 aromatic rings. The molecule has 4 nitrogen and oxygen atoms in total. The molecule has 0 aliphatic carbocycles. The number of hydrogen-bond donors (Lipinski definition) is 1. The van der Waals surface area contributed by atoms with Crippen LogP contribution in [0.4, 0.5) is 17.6 Å². The van der Waals surface area contributed by atoms with Gasteiger partial charge in [0.05, 0.1) is 0 Å². The van der Waals surface area contributed by atoms with Crippen LogP contribution in [-0.4, -0.2) is 29.8 Å². The fourth-order valence-electron chi connectivity index (χ4n) is 3.50. The molecule has 1 heterocycles. The van der Waals surface area contributed by atoms with Crippen LogP contribution in [0.5, 0.6) is 5.75 Å². The van der Waals surface area contributed by atoms with E-state index in [0.29, 0.717) is 37.9 Å². The summed E-state index contributed by atoms with van der Waals surface area (Å²) >= 11 is 0. The van der Waals surface area contributed by atoms with Crippen LogP contribution in [0.25, 0.3) is 0 Å². The number of amides is 1. The largest absolute Gasteiger partial charge is 0.573 e. The quantitative estimate of drug-likeness (QED) is 0.518. The van der Waals surface area contributed by atoms with Crippen LogP contribution in [0.2, 0.25) is 0 Å². The summed E-state index contributed by atoms with van der Waals surface area (Å²) < 4.78 is 55.2. The molecule has 8 heteroatoms. The molecule has 0 aromatic heterocycles. The summed E-state index contributed by atoms with van der Waals surface area (Å²) in [6.07, 6.45) is -3.10. The van der Waals surface area contributed by atoms with Crippen molar-refractivity contribution in [3.63, 3.8) is 0 Å². The molecule has 1 saturated heterocycles. The zero-order valence-corrected chi connectivity index (χ0v) is 15.7. The number of nitrogens with one attached hydrogen (secondary N) is 1. The van der Waals surface area contributed by atoms with Crippen molar-refractivity contribution in [2.75, 3.05) is 6.54 Å². The molecule has 1 N–H and O–H groups in total. The molecular weight excluding hydrogens is 388 g/mol. The van der Waals surface area contributed by atoms with Crippen molar-refractivity contribution in [2.45, 2.75) is 44.8 Å². The number of carbonyl (C=O) groups is 1. The van der Waals surface area contributed by atoms with Crippen LogP contribution in [0.3, 0.4) is 0 Å². The van der Waals surface area contributed by atoms with Gasteiger partial charge in [0, 0.05) is 31.1 Å². The number of para-hydroxylation sites is 1. The fraction of sp³-hybridized carbons (Fsp3) is 0.381. The average molecular weight is 410 g/mol. The third-order valence-electron chi connectivity index (χ3n) is 4.86. The maximum absolute atomic E-state index is 13.2. The van der Waals surface area contributed by atoms with E-state index >= 15 is 0 Å². The number of hydrogen-bond acceptors (Lipinski definition) is 3. The second-order valence-electron chi connectivity index (χ2n) is 6.97. The lowest BCUT2D eigenvalue weighted by atomic mass is 10.1. The Kier molecular flexibility index (Phi) is 6.74. The monoisotopic (exact) mass is 410 g/mol. The Balaban J connectivity index is 1.57. The van der Waals surface area contributed by atoms with Gasteiger partial charge in [0.1, 0.15) is 11.6 Å². The average Bonchev–Trinajstić information content (AvgIpc) is 2.99. The Morgan fingerprint density at radius 2 is 1.93 bits per heavy atom. The molecule has 1 aliphatic rings. The van der Waals surface area contributed by atoms with Crippen molar-refractivity contribution in [3.05, 3.63) is 65.5 Å². The standard InChI is InChI=1S/C21H22F4N2O2/c22-17-6-3-4-15(12-17)13-26-11-10-18-8-9-20(28)27(18)14-16-5-1-2-7-19(16)29-21(23,24)25/h1-7,12,18,26H,8-11,13-14H2/t18-/m1/s1. The van der Waals surface area contributed by atoms with Crippen LogP contribution < -0.4 is 10.1 Å². The Labute approximate surface area is 166 Å². The van der Waals surface area contributed by atoms with Crippen molar-refractivity contribution >= 4 is 5.91 Å². The summed E-state index contributed by atoms with van der Waals surface area (Å²) in [5.74, 6) is -0.666. The van der Waals surface area contributed by atoms with Gasteiger partial charge in [0.2, 0.25) is 5.91 Å². The molecule has 0 saturated carbocycles. The second-order valence-corrected chi connectivity index (χ2v) is 6.97. The van der Waals surface area contributed by atoms with Gasteiger partial charge < -0.3 is 15.0 Å². The lowest BCUT2D eigenvalue weighted by molar-refractivity contribution is -0.275. The first-order valence-corrected chi connectivity index (χ1v) is 9.40. The molecule has 0 radical (unpaired) electrons. The van der Waals surface area contributed by atoms with Crippen LogP contribution in [0.15, 0.2) is 48.5 Å². The van der Waals surface area contributed by atoms with Gasteiger partial charge in [-0.05, 0) is 43.1 Å². The molecule has 0 bridgehead atoms. The normalized spacial score (nSPS) is 17.0. The van der Waals surface area contributed by atoms with Crippen LogP contribution >= 0.6 is 0 Å². The number of nitrogens with zero attached hydrogens (tertiary/aromatic N) is 1. The summed E-state index contributed by atoms with van der Waals surface area (Å²) in [7, 11) is 0. The molecule has 1 amide bonds. The SMILES string of the molecule is O=C1CC[C@H](CCNCc2cccc(F)c2)N1Cc1ccccc1OC(F)(F)F. The van der Waals surface area contributed by atoms with E-state index in [0.717, 1.165) is 5.56 Å². The number of halogens is 4. The molecule has 1 fully saturated rings. The highest BCUT2D eigenvalue weighted by Crippen LogP contribution is 2.30. The summed E-state index contributed by atoms with van der Waals surface area (Å²) in [5, 5.41) is 3.22. The van der Waals surface area contributed by atoms with Gasteiger partial charge in [0.15, 0.2) is 0 Å². The molecule has 0 unspecified atom stereocenters. The first kappa shape index (κ1) is 21.1. The Hall–Kier alpha value is -2.61. The minimum Gasteiger partial charge on any atom is -0.405 e. The van der Waals surface area contributed by atoms with Crippen LogP contribution in [0.1, 0.15) is 30.4 Å². The summed E-state index contributed by atoms with van der Waals surface area (Å²) in [5.41, 5.74) is 1.14. The Morgan fingerprint density at radius 3 is 2.69 bits per heavy atom. The van der Waals surface area contributed by atoms with Crippen molar-refractivity contribution < 1.29 is 27.1 Å². The molecule has 1 aliphatic heterocycles. The first-order valence-electron chi connectivity index (χ1n) is 9.40. The molecule has 0 spiro atoms. The minimum atomic E-state index is -4.79. The maximum atomic E-state index is 13.2. The second kappa shape index (κ2) is 9.26. The lowest BCUT2D eigenvalue weighted by Gasteiger charge is -2.26. The highest BCUT2D eigenvalue weighted by Gasteiger charge is 2.34. The molecular formula is C21H22F4N2O2. The van der Waals surface area contributed by atoms with E-state index in [1.807, 2.05) is 6.07 Å². The number of benzene rings is 2. The Morgan fingerprint density at radius 1 is 1.14 bits per heavy atom. The molecule has 1 atom stereocenters. The minimum absolute atomic E-state index is 0.0681. The van der Waals surface area contributed by atoms with Gasteiger partial charge >= 0.3 is 6.36 Å². The van der Waals surface area contributed by atoms with Crippen LogP contribution in [0, 0.1) is 5.82 Å². The summed E-state index contributed by atoms with van der Waals surface area (Å²) in [6.45, 7) is 1.17. The molecule has 29 heavy (non-hydrogen) atoms. The molecule has 156 valence electrons. The summed E-state index contributed by atoms with van der Waals surface area (Å²) in [6, 6.07) is 12.1. The first-order chi connectivity index (χ1) is 13.8. The maximum Gasteiger partial charge on any atom is 0.573 e. The molecule has 3 rings (SSSR count). The van der Waals surface area contributed by atoms with E-state index in [-0.39, 0.29) is 30.1 Å². The van der Waals surface area contributed by atoms with Crippen molar-refractivity contribution in [3.8, 4) is 5.75 Å². The van der Waals surface area contributed by atoms with Gasteiger partial charge in [-0.1, -0.05) is 30.3 Å². The van der Waals surface area contributed by atoms with Gasteiger partial charge in [-0.15, -0.1) is 13.2 Å². The fourth-order valence-corrected chi connectivity index (χ4v) is 3.50. The third-order valence-corrected chi connectivity index (χ3v) is 4.86. The van der Waals surface area contributed by atoms with Gasteiger partial charge in [0.25, 0.3) is 0 Å². The van der Waals surface area contributed by atoms with Crippen LogP contribution in [-0.2, 0) is 17.9 Å². The number of carbonyl (C=O) groups excluding carboxylic acids is 1. The van der Waals surface area contributed by atoms with E-state index in [2.05, 4.69) is 10.1 Å². The highest BCUT2D eigenvalue weighted by molar-refractivity contribution is 5.78. The van der Waals surface area contributed by atoms with Gasteiger partial charge in [-0.3, -0.25) is 4.79 Å². The van der Waals surface area contributed by atoms with E-state index in [1.165, 1.54) is 30.3 Å². The Bertz CT molecular complexity index is 841. The van der Waals surface area contributed by atoms with E-state index in [1.54, 1.807) is 17.0 Å². The van der Waals surface area contributed by atoms with Gasteiger partial charge in [-0.25, -0.2) is 4.39 Å². The number of alkyl halides is 3. The smallest absolute Gasteiger partial charge is 0.405 e. The number of rotatable bonds is 8. The number of ether oxygens (including phenoxy) is 1. The molecule has 2 aromatic carbocycles. The predicted molar refractivity (Wildman–Crippen MR) is 99.4 cm³/mol. The van der Waals surface area contributed by atoms with Gasteiger partial charge in [-0.2, -0.15) is 0 Å². The summed E-state index contributed by atoms with van der Waals surface area (Å²) in [4.78, 5) is 13.9.